The van der Waals surface area contributed by atoms with Crippen LogP contribution in [0, 0.1) is 0 Å². The molecule has 0 saturated heterocycles. The van der Waals surface area contributed by atoms with Crippen molar-refractivity contribution in [3.63, 3.8) is 0 Å². The van der Waals surface area contributed by atoms with Crippen molar-refractivity contribution in [3.8, 4) is 11.5 Å². The van der Waals surface area contributed by atoms with E-state index in [1.54, 1.807) is 23.6 Å². The standard InChI is InChI=1S/C20H26N4O4S/c1-6-10-29-20-22-19-21-12(3)16(18(25)27-5)17(24(19)23-20)13-8-9-14(26-4)15(11-13)28-7-2/h8-9,11,17H,6-7,10H2,1-5H3,(H,21,22,23). The summed E-state index contributed by atoms with van der Waals surface area (Å²) in [5.74, 6) is 2.32. The molecule has 0 saturated carbocycles. The van der Waals surface area contributed by atoms with Gasteiger partial charge in [-0.2, -0.15) is 4.98 Å². The number of carbonyl (C=O) groups excluding carboxylic acids is 1. The van der Waals surface area contributed by atoms with Gasteiger partial charge in [0.25, 0.3) is 0 Å². The van der Waals surface area contributed by atoms with Gasteiger partial charge in [0, 0.05) is 11.4 Å². The molecule has 1 N–H and O–H groups in total. The smallest absolute Gasteiger partial charge is 0.338 e. The molecule has 1 aromatic carbocycles. The minimum absolute atomic E-state index is 0.419. The summed E-state index contributed by atoms with van der Waals surface area (Å²) < 4.78 is 17.9. The van der Waals surface area contributed by atoms with E-state index in [9.17, 15) is 4.79 Å². The Morgan fingerprint density at radius 2 is 2.07 bits per heavy atom. The van der Waals surface area contributed by atoms with Gasteiger partial charge < -0.3 is 19.5 Å². The summed E-state index contributed by atoms with van der Waals surface area (Å²) in [6.07, 6.45) is 1.02. The molecular formula is C20H26N4O4S. The third-order valence-electron chi connectivity index (χ3n) is 4.48. The number of thioether (sulfide) groups is 1. The normalized spacial score (nSPS) is 15.6. The summed E-state index contributed by atoms with van der Waals surface area (Å²) in [5.41, 5.74) is 1.99. The van der Waals surface area contributed by atoms with E-state index >= 15 is 0 Å². The Hall–Kier alpha value is -2.68. The third kappa shape index (κ3) is 4.19. The number of hydrogen-bond donors (Lipinski definition) is 1. The Balaban J connectivity index is 2.13. The highest BCUT2D eigenvalue weighted by molar-refractivity contribution is 7.99. The molecule has 2 heterocycles. The number of esters is 1. The number of fused-ring (bicyclic) bond motifs is 1. The number of hydrogen-bond acceptors (Lipinski definition) is 8. The molecule has 2 aromatic rings. The lowest BCUT2D eigenvalue weighted by atomic mass is 9.95. The first-order chi connectivity index (χ1) is 14.0. The van der Waals surface area contributed by atoms with Crippen molar-refractivity contribution in [1.29, 1.82) is 0 Å². The van der Waals surface area contributed by atoms with E-state index in [0.29, 0.717) is 40.5 Å². The first-order valence-corrected chi connectivity index (χ1v) is 10.5. The van der Waals surface area contributed by atoms with Crippen LogP contribution in [0.1, 0.15) is 38.8 Å². The van der Waals surface area contributed by atoms with E-state index in [-0.39, 0.29) is 0 Å². The molecule has 1 aliphatic heterocycles. The number of rotatable bonds is 8. The van der Waals surface area contributed by atoms with Gasteiger partial charge in [-0.1, -0.05) is 24.8 Å². The molecule has 1 unspecified atom stereocenters. The predicted molar refractivity (Wildman–Crippen MR) is 112 cm³/mol. The maximum atomic E-state index is 12.6. The molecular weight excluding hydrogens is 392 g/mol. The Kier molecular flexibility index (Phi) is 6.68. The fourth-order valence-corrected chi connectivity index (χ4v) is 3.88. The number of nitrogens with zero attached hydrogens (tertiary/aromatic N) is 3. The fraction of sp³-hybridized carbons (Fsp3) is 0.450. The second kappa shape index (κ2) is 9.21. The monoisotopic (exact) mass is 418 g/mol. The van der Waals surface area contributed by atoms with Crippen molar-refractivity contribution >= 4 is 23.7 Å². The van der Waals surface area contributed by atoms with E-state index in [2.05, 4.69) is 22.3 Å². The summed E-state index contributed by atoms with van der Waals surface area (Å²) in [4.78, 5) is 17.2. The molecule has 9 heteroatoms. The van der Waals surface area contributed by atoms with Crippen molar-refractivity contribution in [2.75, 3.05) is 31.9 Å². The van der Waals surface area contributed by atoms with Crippen LogP contribution in [0.2, 0.25) is 0 Å². The van der Waals surface area contributed by atoms with Crippen molar-refractivity contribution in [1.82, 2.24) is 14.8 Å². The number of methoxy groups -OCH3 is 2. The van der Waals surface area contributed by atoms with E-state index in [1.165, 1.54) is 7.11 Å². The highest BCUT2D eigenvalue weighted by Gasteiger charge is 2.35. The third-order valence-corrected chi connectivity index (χ3v) is 5.52. The zero-order valence-electron chi connectivity index (χ0n) is 17.3. The minimum Gasteiger partial charge on any atom is -0.493 e. The van der Waals surface area contributed by atoms with Crippen LogP contribution >= 0.6 is 11.8 Å². The lowest BCUT2D eigenvalue weighted by Crippen LogP contribution is -2.29. The van der Waals surface area contributed by atoms with Crippen LogP contribution in [-0.2, 0) is 9.53 Å². The summed E-state index contributed by atoms with van der Waals surface area (Å²) in [5, 5.41) is 8.50. The van der Waals surface area contributed by atoms with Crippen molar-refractivity contribution in [2.45, 2.75) is 38.4 Å². The molecule has 29 heavy (non-hydrogen) atoms. The molecule has 1 aromatic heterocycles. The summed E-state index contributed by atoms with van der Waals surface area (Å²) in [6.45, 7) is 6.35. The maximum Gasteiger partial charge on any atom is 0.338 e. The summed E-state index contributed by atoms with van der Waals surface area (Å²) in [6, 6.07) is 5.11. The SMILES string of the molecule is CCCSc1nc2n(n1)C(c1ccc(OC)c(OCC)c1)C(C(=O)OC)=C(C)N2. The van der Waals surface area contributed by atoms with E-state index in [1.807, 2.05) is 32.0 Å². The van der Waals surface area contributed by atoms with E-state index in [4.69, 9.17) is 14.2 Å². The Morgan fingerprint density at radius 3 is 2.72 bits per heavy atom. The van der Waals surface area contributed by atoms with Crippen LogP contribution in [0.4, 0.5) is 5.95 Å². The van der Waals surface area contributed by atoms with Crippen LogP contribution < -0.4 is 14.8 Å². The average Bonchev–Trinajstić information content (AvgIpc) is 3.13. The first-order valence-electron chi connectivity index (χ1n) is 9.50. The van der Waals surface area contributed by atoms with Gasteiger partial charge in [0.1, 0.15) is 6.04 Å². The van der Waals surface area contributed by atoms with Crippen molar-refractivity contribution in [3.05, 3.63) is 35.0 Å². The molecule has 8 nitrogen and oxygen atoms in total. The highest BCUT2D eigenvalue weighted by Crippen LogP contribution is 2.39. The number of ether oxygens (including phenoxy) is 3. The van der Waals surface area contributed by atoms with Crippen LogP contribution in [0.15, 0.2) is 34.6 Å². The first kappa shape index (κ1) is 21.0. The minimum atomic E-state index is -0.493. The number of carbonyl (C=O) groups is 1. The zero-order valence-corrected chi connectivity index (χ0v) is 18.1. The number of anilines is 1. The van der Waals surface area contributed by atoms with Gasteiger partial charge in [-0.3, -0.25) is 0 Å². The molecule has 0 aliphatic carbocycles. The molecule has 1 aliphatic rings. The quantitative estimate of drug-likeness (QED) is 0.513. The molecule has 156 valence electrons. The second-order valence-electron chi connectivity index (χ2n) is 6.41. The number of aromatic nitrogens is 3. The second-order valence-corrected chi connectivity index (χ2v) is 7.47. The van der Waals surface area contributed by atoms with E-state index < -0.39 is 12.0 Å². The fourth-order valence-electron chi connectivity index (χ4n) is 3.20. The Labute approximate surface area is 174 Å². The van der Waals surface area contributed by atoms with Crippen molar-refractivity contribution < 1.29 is 19.0 Å². The molecule has 0 radical (unpaired) electrons. The molecule has 0 amide bonds. The number of allylic oxidation sites excluding steroid dienone is 1. The Bertz CT molecular complexity index is 925. The van der Waals surface area contributed by atoms with Crippen molar-refractivity contribution in [2.24, 2.45) is 0 Å². The zero-order chi connectivity index (χ0) is 21.0. The van der Waals surface area contributed by atoms with Gasteiger partial charge in [0.2, 0.25) is 11.1 Å². The Morgan fingerprint density at radius 1 is 1.28 bits per heavy atom. The average molecular weight is 419 g/mol. The summed E-state index contributed by atoms with van der Waals surface area (Å²) >= 11 is 1.58. The van der Waals surface area contributed by atoms with Gasteiger partial charge in [-0.05, 0) is 38.0 Å². The summed E-state index contributed by atoms with van der Waals surface area (Å²) in [7, 11) is 2.97. The molecule has 0 spiro atoms. The lowest BCUT2D eigenvalue weighted by molar-refractivity contribution is -0.136. The van der Waals surface area contributed by atoms with Crippen LogP contribution in [0.25, 0.3) is 0 Å². The van der Waals surface area contributed by atoms with Crippen LogP contribution in [-0.4, -0.2) is 47.3 Å². The van der Waals surface area contributed by atoms with Gasteiger partial charge in [-0.25, -0.2) is 9.48 Å². The number of benzene rings is 1. The van der Waals surface area contributed by atoms with Crippen LogP contribution in [0.5, 0.6) is 11.5 Å². The largest absolute Gasteiger partial charge is 0.493 e. The number of nitrogens with one attached hydrogen (secondary N) is 1. The molecule has 1 atom stereocenters. The van der Waals surface area contributed by atoms with Gasteiger partial charge >= 0.3 is 5.97 Å². The lowest BCUT2D eigenvalue weighted by Gasteiger charge is -2.28. The molecule has 0 bridgehead atoms. The maximum absolute atomic E-state index is 12.6. The predicted octanol–water partition coefficient (Wildman–Crippen LogP) is 3.65. The topological polar surface area (TPSA) is 87.5 Å². The van der Waals surface area contributed by atoms with Gasteiger partial charge in [0.05, 0.1) is 26.4 Å². The highest BCUT2D eigenvalue weighted by atomic mass is 32.2. The van der Waals surface area contributed by atoms with Gasteiger partial charge in [-0.15, -0.1) is 5.10 Å². The molecule has 0 fully saturated rings. The van der Waals surface area contributed by atoms with Crippen LogP contribution in [0.3, 0.4) is 0 Å². The van der Waals surface area contributed by atoms with E-state index in [0.717, 1.165) is 17.7 Å². The molecule has 3 rings (SSSR count). The van der Waals surface area contributed by atoms with Gasteiger partial charge in [0.15, 0.2) is 11.5 Å².